The third-order valence-corrected chi connectivity index (χ3v) is 2.72. The zero-order chi connectivity index (χ0) is 14.6. The van der Waals surface area contributed by atoms with Crippen LogP contribution in [0.15, 0.2) is 48.5 Å². The van der Waals surface area contributed by atoms with Crippen LogP contribution in [-0.4, -0.2) is 6.98 Å². The normalized spacial score (nSPS) is 10.4. The van der Waals surface area contributed by atoms with Crippen LogP contribution in [-0.2, 0) is 6.61 Å². The third-order valence-electron chi connectivity index (χ3n) is 2.72. The second kappa shape index (κ2) is 8.01. The Kier molecular flexibility index (Phi) is 6.97. The molecule has 2 aromatic carbocycles. The molecule has 0 spiro atoms. The summed E-state index contributed by atoms with van der Waals surface area (Å²) in [5.41, 5.74) is 0.629. The van der Waals surface area contributed by atoms with Crippen molar-refractivity contribution in [2.75, 3.05) is 0 Å². The molecule has 0 N–H and O–H groups in total. The van der Waals surface area contributed by atoms with E-state index in [0.717, 1.165) is 17.7 Å². The van der Waals surface area contributed by atoms with Gasteiger partial charge in [-0.2, -0.15) is 5.26 Å². The van der Waals surface area contributed by atoms with E-state index in [1.54, 1.807) is 24.3 Å². The Balaban J connectivity index is 0.00000220. The van der Waals surface area contributed by atoms with E-state index in [1.807, 2.05) is 6.07 Å². The van der Waals surface area contributed by atoms with Crippen LogP contribution in [0.4, 0.5) is 12.9 Å². The molecule has 0 saturated carbocycles. The van der Waals surface area contributed by atoms with Gasteiger partial charge in [-0.25, -0.2) is 0 Å². The van der Waals surface area contributed by atoms with Crippen molar-refractivity contribution in [2.24, 2.45) is 0 Å². The third kappa shape index (κ3) is 5.49. The second-order valence-electron chi connectivity index (χ2n) is 4.24. The molecule has 0 fully saturated rings. The van der Waals surface area contributed by atoms with Crippen molar-refractivity contribution >= 4 is 12.4 Å². The van der Waals surface area contributed by atoms with Crippen LogP contribution in [0.3, 0.4) is 0 Å². The molecule has 2 aromatic rings. The van der Waals surface area contributed by atoms with Crippen molar-refractivity contribution in [1.82, 2.24) is 0 Å². The van der Waals surface area contributed by atoms with Crippen LogP contribution < -0.4 is 61.6 Å². The maximum atomic E-state index is 12.6. The maximum absolute atomic E-state index is 12.6. The Labute approximate surface area is 163 Å². The molecule has 21 heavy (non-hydrogen) atoms. The fraction of sp³-hybridized carbons (Fsp3) is 0.0714. The van der Waals surface area contributed by atoms with Gasteiger partial charge >= 0.3 is 58.4 Å². The monoisotopic (exact) mass is 315 g/mol. The first-order chi connectivity index (χ1) is 9.49. The van der Waals surface area contributed by atoms with Gasteiger partial charge in [0.2, 0.25) is 0 Å². The van der Waals surface area contributed by atoms with Crippen molar-refractivity contribution < 1.29 is 69.1 Å². The van der Waals surface area contributed by atoms with Gasteiger partial charge in [-0.15, -0.1) is 5.46 Å². The Morgan fingerprint density at radius 3 is 2.29 bits per heavy atom. The van der Waals surface area contributed by atoms with Crippen LogP contribution in [0.2, 0.25) is 0 Å². The number of hydrogen-bond donors (Lipinski definition) is 0. The number of hydrogen-bond acceptors (Lipinski definition) is 2. The van der Waals surface area contributed by atoms with Gasteiger partial charge in [-0.1, -0.05) is 24.3 Å². The summed E-state index contributed by atoms with van der Waals surface area (Å²) in [6.45, 7) is -4.87. The summed E-state index contributed by atoms with van der Waals surface area (Å²) in [5, 5.41) is 8.66. The summed E-state index contributed by atoms with van der Waals surface area (Å²) in [4.78, 5) is 0. The van der Waals surface area contributed by atoms with Crippen LogP contribution >= 0.6 is 0 Å². The molecule has 7 heteroatoms. The van der Waals surface area contributed by atoms with E-state index in [2.05, 4.69) is 0 Å². The van der Waals surface area contributed by atoms with Crippen molar-refractivity contribution in [3.8, 4) is 11.8 Å². The molecule has 0 aliphatic heterocycles. The molecule has 0 radical (unpaired) electrons. The summed E-state index contributed by atoms with van der Waals surface area (Å²) in [6.07, 6.45) is 0. The summed E-state index contributed by atoms with van der Waals surface area (Å²) < 4.78 is 43.1. The molecule has 2 nitrogen and oxygen atoms in total. The average Bonchev–Trinajstić information content (AvgIpc) is 2.45. The van der Waals surface area contributed by atoms with Crippen LogP contribution in [0.5, 0.6) is 5.75 Å². The van der Waals surface area contributed by atoms with E-state index in [4.69, 9.17) is 10.00 Å². The van der Waals surface area contributed by atoms with Gasteiger partial charge in [0.05, 0.1) is 11.6 Å². The van der Waals surface area contributed by atoms with Gasteiger partial charge in [0, 0.05) is 0 Å². The van der Waals surface area contributed by atoms with Crippen molar-refractivity contribution in [2.45, 2.75) is 6.61 Å². The molecular formula is C14H10BF3KNO. The number of benzene rings is 2. The van der Waals surface area contributed by atoms with Gasteiger partial charge < -0.3 is 17.7 Å². The van der Waals surface area contributed by atoms with Crippen LogP contribution in [0.25, 0.3) is 0 Å². The number of rotatable bonds is 4. The zero-order valence-electron chi connectivity index (χ0n) is 11.4. The molecule has 0 atom stereocenters. The standard InChI is InChI=1S/C14H10BF3NO.K/c16-15(17,18)13-2-1-3-14(8-13)20-10-12-6-4-11(9-19)5-7-12;/h1-8H,10H2;/q-1;+1. The molecule has 0 saturated heterocycles. The smallest absolute Gasteiger partial charge is 0.489 e. The van der Waals surface area contributed by atoms with Gasteiger partial charge in [-0.3, -0.25) is 0 Å². The molecule has 0 bridgehead atoms. The Hall–Kier alpha value is -0.779. The molecule has 0 unspecified atom stereocenters. The average molecular weight is 315 g/mol. The first kappa shape index (κ1) is 18.3. The predicted molar refractivity (Wildman–Crippen MR) is 70.6 cm³/mol. The van der Waals surface area contributed by atoms with Crippen molar-refractivity contribution in [3.05, 3.63) is 59.7 Å². The zero-order valence-corrected chi connectivity index (χ0v) is 14.5. The number of nitrogens with zero attached hydrogens (tertiary/aromatic N) is 1. The van der Waals surface area contributed by atoms with E-state index < -0.39 is 12.4 Å². The molecular weight excluding hydrogens is 305 g/mol. The van der Waals surface area contributed by atoms with E-state index in [0.29, 0.717) is 5.56 Å². The van der Waals surface area contributed by atoms with E-state index in [1.165, 1.54) is 12.1 Å². The van der Waals surface area contributed by atoms with Crippen molar-refractivity contribution in [1.29, 1.82) is 5.26 Å². The first-order valence-corrected chi connectivity index (χ1v) is 5.91. The Bertz CT molecular complexity index is 638. The first-order valence-electron chi connectivity index (χ1n) is 5.91. The largest absolute Gasteiger partial charge is 1.00 e. The van der Waals surface area contributed by atoms with Crippen molar-refractivity contribution in [3.63, 3.8) is 0 Å². The number of nitriles is 1. The summed E-state index contributed by atoms with van der Waals surface area (Å²) in [7, 11) is 0. The van der Waals surface area contributed by atoms with Crippen LogP contribution in [0, 0.1) is 11.3 Å². The number of halogens is 3. The summed E-state index contributed by atoms with van der Waals surface area (Å²) >= 11 is 0. The van der Waals surface area contributed by atoms with Gasteiger partial charge in [-0.05, 0) is 29.8 Å². The fourth-order valence-electron chi connectivity index (χ4n) is 1.65. The predicted octanol–water partition coefficient (Wildman–Crippen LogP) is 0.196. The summed E-state index contributed by atoms with van der Waals surface area (Å²) in [6, 6.07) is 13.5. The fourth-order valence-corrected chi connectivity index (χ4v) is 1.65. The molecule has 0 aromatic heterocycles. The van der Waals surface area contributed by atoms with Crippen LogP contribution in [0.1, 0.15) is 11.1 Å². The SMILES string of the molecule is N#Cc1ccc(COc2cccc([B-](F)(F)F)c2)cc1.[K+]. The maximum Gasteiger partial charge on any atom is 1.00 e. The Morgan fingerprint density at radius 1 is 1.05 bits per heavy atom. The molecule has 0 heterocycles. The quantitative estimate of drug-likeness (QED) is 0.755. The van der Waals surface area contributed by atoms with E-state index in [9.17, 15) is 12.9 Å². The minimum Gasteiger partial charge on any atom is -0.489 e. The minimum absolute atomic E-state index is 0. The van der Waals surface area contributed by atoms with Gasteiger partial charge in [0.15, 0.2) is 0 Å². The molecule has 0 aliphatic carbocycles. The molecule has 102 valence electrons. The number of ether oxygens (including phenoxy) is 1. The molecule has 0 aliphatic rings. The summed E-state index contributed by atoms with van der Waals surface area (Å²) in [5.74, 6) is 0.172. The second-order valence-corrected chi connectivity index (χ2v) is 4.24. The topological polar surface area (TPSA) is 33.0 Å². The molecule has 2 rings (SSSR count). The van der Waals surface area contributed by atoms with Gasteiger partial charge in [0.1, 0.15) is 12.4 Å². The van der Waals surface area contributed by atoms with Gasteiger partial charge in [0.25, 0.3) is 0 Å². The minimum atomic E-state index is -5.02. The van der Waals surface area contributed by atoms with E-state index >= 15 is 0 Å². The Morgan fingerprint density at radius 2 is 1.71 bits per heavy atom. The molecule has 0 amide bonds. The van der Waals surface area contributed by atoms with E-state index in [-0.39, 0.29) is 63.7 Å².